The molecule has 2 rings (SSSR count). The van der Waals surface area contributed by atoms with Crippen molar-refractivity contribution in [3.8, 4) is 11.5 Å². The smallest absolute Gasteiger partial charge is 0.435 e. The Morgan fingerprint density at radius 3 is 1.82 bits per heavy atom. The first-order valence-electron chi connectivity index (χ1n) is 7.30. The Labute approximate surface area is 152 Å². The number of methoxy groups -OCH3 is 1. The van der Waals surface area contributed by atoms with E-state index in [2.05, 4.69) is 4.74 Å². The number of hydrogen-bond donors (Lipinski definition) is 0. The van der Waals surface area contributed by atoms with Crippen molar-refractivity contribution in [2.45, 2.75) is 18.0 Å². The van der Waals surface area contributed by atoms with Crippen molar-refractivity contribution < 1.29 is 49.4 Å². The summed E-state index contributed by atoms with van der Waals surface area (Å²) < 4.78 is 113. The maximum atomic E-state index is 13.9. The fourth-order valence-electron chi connectivity index (χ4n) is 2.20. The molecule has 0 heterocycles. The number of rotatable bonds is 4. The van der Waals surface area contributed by atoms with E-state index in [9.17, 15) is 39.9 Å². The van der Waals surface area contributed by atoms with Gasteiger partial charge in [0.15, 0.2) is 11.6 Å². The molecule has 0 aromatic heterocycles. The summed E-state index contributed by atoms with van der Waals surface area (Å²) in [5.41, 5.74) is -7.44. The van der Waals surface area contributed by atoms with Crippen LogP contribution in [0.3, 0.4) is 0 Å². The van der Waals surface area contributed by atoms with Crippen molar-refractivity contribution in [3.05, 3.63) is 59.4 Å². The topological polar surface area (TPSA) is 35.5 Å². The third-order valence-electron chi connectivity index (χ3n) is 3.61. The van der Waals surface area contributed by atoms with Crippen LogP contribution in [0.4, 0.5) is 35.1 Å². The fraction of sp³-hybridized carbons (Fsp3) is 0.235. The van der Waals surface area contributed by atoms with Gasteiger partial charge < -0.3 is 9.47 Å². The minimum Gasteiger partial charge on any atom is -0.465 e. The summed E-state index contributed by atoms with van der Waals surface area (Å²) in [6, 6.07) is 4.59. The molecule has 0 spiro atoms. The van der Waals surface area contributed by atoms with E-state index < -0.39 is 41.1 Å². The molecule has 0 aliphatic rings. The average molecular weight is 414 g/mol. The number of esters is 1. The molecule has 0 saturated carbocycles. The van der Waals surface area contributed by atoms with Gasteiger partial charge in [0.25, 0.3) is 0 Å². The van der Waals surface area contributed by atoms with Crippen LogP contribution in [-0.2, 0) is 10.4 Å². The van der Waals surface area contributed by atoms with Crippen molar-refractivity contribution in [1.82, 2.24) is 0 Å². The van der Waals surface area contributed by atoms with Gasteiger partial charge in [0.2, 0.25) is 0 Å². The van der Waals surface area contributed by atoms with E-state index in [-0.39, 0.29) is 23.4 Å². The van der Waals surface area contributed by atoms with Crippen molar-refractivity contribution >= 4 is 5.97 Å². The first-order valence-corrected chi connectivity index (χ1v) is 7.30. The van der Waals surface area contributed by atoms with E-state index in [0.29, 0.717) is 12.1 Å². The standard InChI is InChI=1S/C17H10F8O3/c1-27-14(26)9-2-7-13(12(18)8-9)28-11-5-3-10(4-6-11)15(19,16(20,21)22)17(23,24)25/h2-8H,1H3. The minimum absolute atomic E-state index is 0.153. The molecule has 0 radical (unpaired) electrons. The van der Waals surface area contributed by atoms with Crippen molar-refractivity contribution in [3.63, 3.8) is 0 Å². The summed E-state index contributed by atoms with van der Waals surface area (Å²) in [5, 5.41) is 0. The van der Waals surface area contributed by atoms with Crippen LogP contribution in [0.2, 0.25) is 0 Å². The lowest BCUT2D eigenvalue weighted by atomic mass is 9.94. The largest absolute Gasteiger partial charge is 0.465 e. The summed E-state index contributed by atoms with van der Waals surface area (Å²) in [5.74, 6) is -2.72. The second-order valence-corrected chi connectivity index (χ2v) is 5.42. The Hall–Kier alpha value is -2.85. The predicted octanol–water partition coefficient (Wildman–Crippen LogP) is 5.69. The molecule has 2 aromatic carbocycles. The quantitative estimate of drug-likeness (QED) is 0.476. The molecule has 0 fully saturated rings. The highest BCUT2D eigenvalue weighted by atomic mass is 19.4. The summed E-state index contributed by atoms with van der Waals surface area (Å²) in [7, 11) is 1.07. The summed E-state index contributed by atoms with van der Waals surface area (Å²) in [6.07, 6.45) is -12.5. The van der Waals surface area contributed by atoms with Crippen molar-refractivity contribution in [2.24, 2.45) is 0 Å². The lowest BCUT2D eigenvalue weighted by molar-refractivity contribution is -0.348. The van der Waals surface area contributed by atoms with Gasteiger partial charge >= 0.3 is 24.0 Å². The Balaban J connectivity index is 2.32. The van der Waals surface area contributed by atoms with E-state index in [1.165, 1.54) is 0 Å². The van der Waals surface area contributed by atoms with Gasteiger partial charge in [0, 0.05) is 5.56 Å². The highest BCUT2D eigenvalue weighted by molar-refractivity contribution is 5.89. The van der Waals surface area contributed by atoms with Crippen LogP contribution in [0.1, 0.15) is 15.9 Å². The monoisotopic (exact) mass is 414 g/mol. The molecule has 28 heavy (non-hydrogen) atoms. The molecule has 0 N–H and O–H groups in total. The van der Waals surface area contributed by atoms with E-state index in [4.69, 9.17) is 4.74 Å². The van der Waals surface area contributed by atoms with E-state index in [0.717, 1.165) is 25.3 Å². The van der Waals surface area contributed by atoms with Crippen LogP contribution in [0, 0.1) is 5.82 Å². The zero-order valence-electron chi connectivity index (χ0n) is 13.8. The van der Waals surface area contributed by atoms with Crippen LogP contribution >= 0.6 is 0 Å². The SMILES string of the molecule is COC(=O)c1ccc(Oc2ccc(C(F)(C(F)(F)F)C(F)(F)F)cc2)c(F)c1. The molecular weight excluding hydrogens is 404 g/mol. The second-order valence-electron chi connectivity index (χ2n) is 5.42. The minimum atomic E-state index is -6.25. The molecule has 0 aliphatic heterocycles. The third kappa shape index (κ3) is 3.87. The zero-order chi connectivity index (χ0) is 21.3. The lowest BCUT2D eigenvalue weighted by Gasteiger charge is -2.30. The van der Waals surface area contributed by atoms with Crippen LogP contribution in [0.5, 0.6) is 11.5 Å². The summed E-state index contributed by atoms with van der Waals surface area (Å²) >= 11 is 0. The normalized spacial score (nSPS) is 12.6. The molecule has 0 amide bonds. The number of alkyl halides is 7. The van der Waals surface area contributed by atoms with Crippen molar-refractivity contribution in [1.29, 1.82) is 0 Å². The number of carbonyl (C=O) groups excluding carboxylic acids is 1. The molecule has 0 bridgehead atoms. The molecule has 3 nitrogen and oxygen atoms in total. The van der Waals surface area contributed by atoms with Crippen LogP contribution in [0.25, 0.3) is 0 Å². The second kappa shape index (κ2) is 7.28. The lowest BCUT2D eigenvalue weighted by Crippen LogP contribution is -2.50. The molecule has 0 saturated heterocycles. The molecule has 0 atom stereocenters. The maximum Gasteiger partial charge on any atom is 0.435 e. The van der Waals surface area contributed by atoms with Gasteiger partial charge in [-0.1, -0.05) is 12.1 Å². The van der Waals surface area contributed by atoms with Gasteiger partial charge in [-0.2, -0.15) is 26.3 Å². The number of benzene rings is 2. The first-order chi connectivity index (χ1) is 12.8. The highest BCUT2D eigenvalue weighted by Crippen LogP contribution is 2.53. The van der Waals surface area contributed by atoms with Gasteiger partial charge in [0.1, 0.15) is 5.75 Å². The molecule has 0 unspecified atom stereocenters. The third-order valence-corrected chi connectivity index (χ3v) is 3.61. The Morgan fingerprint density at radius 1 is 0.857 bits per heavy atom. The van der Waals surface area contributed by atoms with Crippen LogP contribution < -0.4 is 4.74 Å². The van der Waals surface area contributed by atoms with Crippen molar-refractivity contribution in [2.75, 3.05) is 7.11 Å². The number of ether oxygens (including phenoxy) is 2. The highest BCUT2D eigenvalue weighted by Gasteiger charge is 2.73. The van der Waals surface area contributed by atoms with Gasteiger partial charge in [0.05, 0.1) is 12.7 Å². The number of halogens is 8. The van der Waals surface area contributed by atoms with Gasteiger partial charge in [-0.15, -0.1) is 0 Å². The van der Waals surface area contributed by atoms with Gasteiger partial charge in [-0.3, -0.25) is 0 Å². The number of hydrogen-bond acceptors (Lipinski definition) is 3. The summed E-state index contributed by atoms with van der Waals surface area (Å²) in [6.45, 7) is 0. The summed E-state index contributed by atoms with van der Waals surface area (Å²) in [4.78, 5) is 11.3. The predicted molar refractivity (Wildman–Crippen MR) is 79.2 cm³/mol. The van der Waals surface area contributed by atoms with E-state index >= 15 is 0 Å². The van der Waals surface area contributed by atoms with Crippen LogP contribution in [-0.4, -0.2) is 25.4 Å². The zero-order valence-corrected chi connectivity index (χ0v) is 13.8. The Kier molecular flexibility index (Phi) is 5.58. The van der Waals surface area contributed by atoms with Gasteiger partial charge in [-0.25, -0.2) is 13.6 Å². The Bertz CT molecular complexity index is 842. The molecule has 2 aromatic rings. The molecule has 11 heteroatoms. The molecular formula is C17H10F8O3. The first kappa shape index (κ1) is 21.5. The van der Waals surface area contributed by atoms with Crippen LogP contribution in [0.15, 0.2) is 42.5 Å². The molecule has 152 valence electrons. The fourth-order valence-corrected chi connectivity index (χ4v) is 2.20. The Morgan fingerprint density at radius 2 is 1.39 bits per heavy atom. The maximum absolute atomic E-state index is 13.9. The molecule has 0 aliphatic carbocycles. The van der Waals surface area contributed by atoms with E-state index in [1.807, 2.05) is 0 Å². The van der Waals surface area contributed by atoms with E-state index in [1.54, 1.807) is 0 Å². The number of carbonyl (C=O) groups is 1. The average Bonchev–Trinajstić information content (AvgIpc) is 2.60. The van der Waals surface area contributed by atoms with Gasteiger partial charge in [-0.05, 0) is 30.3 Å².